The van der Waals surface area contributed by atoms with Crippen LogP contribution in [0.3, 0.4) is 0 Å². The van der Waals surface area contributed by atoms with Gasteiger partial charge in [-0.15, -0.1) is 23.2 Å². The van der Waals surface area contributed by atoms with Crippen molar-refractivity contribution in [1.82, 2.24) is 0 Å². The second-order valence-corrected chi connectivity index (χ2v) is 51.6. The molecule has 0 amide bonds. The van der Waals surface area contributed by atoms with E-state index in [0.29, 0.717) is 154 Å². The van der Waals surface area contributed by atoms with Gasteiger partial charge in [-0.2, -0.15) is 0 Å². The molecule has 0 aromatic heterocycles. The summed E-state index contributed by atoms with van der Waals surface area (Å²) in [6.45, 7) is 36.0. The number of ketones is 3. The van der Waals surface area contributed by atoms with Crippen molar-refractivity contribution in [1.29, 1.82) is 0 Å². The molecule has 16 fully saturated rings. The van der Waals surface area contributed by atoms with E-state index in [4.69, 9.17) is 23.2 Å². The SMILES string of the molecule is CC(=O)[C@@]1(C(Cl)Cl)CCC2C3CC=C4C[C@@H](CO)CC[C@]4(C)C3CC[C@@]21C.CC(=O)[C@H]1CCC2C3CC=C4C[C@@H](CO)CC[C@]4(C)C3CC[C@@]21C.CC(=O)[C@H]1CCC2C3CCC4C[C@@H](CO)CC[C@]4(C)C3CC[C@@]21C.C[C@@H](O)[C@H]1CCC2C3CC=C4C[C@@H](CO)CC[C@]4(C)C3CC[C@@]21C.C[C@H](O)[C@H]1CCC2C3CC=C4C[C@@H](CO)CC[C@]4(C)C3CC[C@@]21C. The minimum Gasteiger partial charge on any atom is -0.396 e. The fourth-order valence-electron chi connectivity index (χ4n) is 39.2. The summed E-state index contributed by atoms with van der Waals surface area (Å²) in [4.78, 5) is 36.6. The Bertz CT molecular complexity index is 3840. The van der Waals surface area contributed by atoms with E-state index in [1.807, 2.05) is 27.7 Å². The zero-order chi connectivity index (χ0) is 88.1. The van der Waals surface area contributed by atoms with Crippen LogP contribution in [0.5, 0.6) is 0 Å². The summed E-state index contributed by atoms with van der Waals surface area (Å²) in [5, 5.41) is 68.6. The molecule has 38 atom stereocenters. The molecule has 20 rings (SSSR count). The summed E-state index contributed by atoms with van der Waals surface area (Å²) in [6, 6.07) is 0. The molecule has 0 aromatic carbocycles. The van der Waals surface area contributed by atoms with Gasteiger partial charge in [0.05, 0.1) is 17.6 Å². The maximum atomic E-state index is 12.8. The van der Waals surface area contributed by atoms with Gasteiger partial charge in [0.25, 0.3) is 0 Å². The zero-order valence-electron chi connectivity index (χ0n) is 80.1. The highest BCUT2D eigenvalue weighted by atomic mass is 35.5. The third kappa shape index (κ3) is 15.4. The number of rotatable bonds is 11. The molecular weight excluding hydrogens is 1560 g/mol. The smallest absolute Gasteiger partial charge is 0.139 e. The maximum absolute atomic E-state index is 12.8. The van der Waals surface area contributed by atoms with Crippen molar-refractivity contribution in [2.24, 2.45) is 208 Å². The highest BCUT2D eigenvalue weighted by molar-refractivity contribution is 6.46. The summed E-state index contributed by atoms with van der Waals surface area (Å²) in [6.07, 6.45) is 60.0. The van der Waals surface area contributed by atoms with Gasteiger partial charge in [0, 0.05) is 44.9 Å². The number of Topliss-reactive ketones (excluding diaryl/α,β-unsaturated/α-hetero) is 3. The van der Waals surface area contributed by atoms with Gasteiger partial charge in [0.1, 0.15) is 22.2 Å². The molecule has 16 unspecified atom stereocenters. The lowest BCUT2D eigenvalue weighted by Gasteiger charge is -2.61. The molecule has 10 nitrogen and oxygen atoms in total. The molecule has 12 heteroatoms. The topological polar surface area (TPSA) is 193 Å². The average Bonchev–Trinajstić information content (AvgIpc) is 1.39. The molecule has 0 bridgehead atoms. The van der Waals surface area contributed by atoms with E-state index in [2.05, 4.69) is 93.5 Å². The first kappa shape index (κ1) is 94.5. The largest absolute Gasteiger partial charge is 0.396 e. The quantitative estimate of drug-likeness (QED) is 0.0773. The minimum atomic E-state index is -0.619. The van der Waals surface area contributed by atoms with Crippen molar-refractivity contribution in [2.45, 2.75) is 384 Å². The van der Waals surface area contributed by atoms with Gasteiger partial charge in [-0.05, 0) is 488 Å². The molecular formula is C111H176Cl2O10. The number of alkyl halides is 2. The van der Waals surface area contributed by atoms with E-state index in [-0.39, 0.29) is 34.2 Å². The second-order valence-electron chi connectivity index (χ2n) is 50.5. The molecule has 7 N–H and O–H groups in total. The Kier molecular flexibility index (Phi) is 27.3. The third-order valence-corrected chi connectivity index (χ3v) is 47.2. The van der Waals surface area contributed by atoms with Crippen molar-refractivity contribution in [3.05, 3.63) is 46.6 Å². The summed E-state index contributed by atoms with van der Waals surface area (Å²) < 4.78 is 0. The Labute approximate surface area is 757 Å². The Balaban J connectivity index is 0.000000114. The molecule has 0 aromatic rings. The van der Waals surface area contributed by atoms with Crippen LogP contribution in [0.1, 0.15) is 367 Å². The Morgan fingerprint density at radius 3 is 0.984 bits per heavy atom. The molecule has 123 heavy (non-hydrogen) atoms. The lowest BCUT2D eigenvalue weighted by Crippen LogP contribution is -2.55. The van der Waals surface area contributed by atoms with Gasteiger partial charge < -0.3 is 35.7 Å². The predicted octanol–water partition coefficient (Wildman–Crippen LogP) is 24.7. The predicted molar refractivity (Wildman–Crippen MR) is 499 cm³/mol. The first-order chi connectivity index (χ1) is 58.3. The van der Waals surface area contributed by atoms with Gasteiger partial charge in [-0.1, -0.05) is 116 Å². The summed E-state index contributed by atoms with van der Waals surface area (Å²) in [5.41, 5.74) is 9.12. The first-order valence-electron chi connectivity index (χ1n) is 52.3. The number of halogens is 2. The molecule has 16 saturated carbocycles. The van der Waals surface area contributed by atoms with E-state index in [1.54, 1.807) is 29.2 Å². The fraction of sp³-hybridized carbons (Fsp3) is 0.901. The average molecular weight is 1740 g/mol. The van der Waals surface area contributed by atoms with Crippen molar-refractivity contribution in [3.8, 4) is 0 Å². The van der Waals surface area contributed by atoms with E-state index in [0.717, 1.165) is 148 Å². The number of carbonyl (C=O) groups excluding carboxylic acids is 3. The van der Waals surface area contributed by atoms with Crippen LogP contribution in [-0.2, 0) is 14.4 Å². The van der Waals surface area contributed by atoms with Gasteiger partial charge in [-0.25, -0.2) is 0 Å². The molecule has 0 saturated heterocycles. The number of fused-ring (bicyclic) bond motifs is 25. The van der Waals surface area contributed by atoms with Gasteiger partial charge in [-0.3, -0.25) is 14.4 Å². The molecule has 0 radical (unpaired) electrons. The van der Waals surface area contributed by atoms with E-state index in [9.17, 15) is 50.1 Å². The van der Waals surface area contributed by atoms with E-state index < -0.39 is 10.3 Å². The van der Waals surface area contributed by atoms with Gasteiger partial charge >= 0.3 is 0 Å². The summed E-state index contributed by atoms with van der Waals surface area (Å²) in [5.74, 6) is 17.7. The van der Waals surface area contributed by atoms with Gasteiger partial charge in [0.15, 0.2) is 0 Å². The van der Waals surface area contributed by atoms with E-state index >= 15 is 0 Å². The van der Waals surface area contributed by atoms with Crippen LogP contribution in [0.15, 0.2) is 46.6 Å². The molecule has 20 aliphatic carbocycles. The Morgan fingerprint density at radius 1 is 0.333 bits per heavy atom. The van der Waals surface area contributed by atoms with Crippen LogP contribution >= 0.6 is 23.2 Å². The molecule has 20 aliphatic rings. The number of aliphatic hydroxyl groups excluding tert-OH is 7. The zero-order valence-corrected chi connectivity index (χ0v) is 81.6. The molecule has 694 valence electrons. The minimum absolute atomic E-state index is 0.0851. The monoisotopic (exact) mass is 1740 g/mol. The van der Waals surface area contributed by atoms with Crippen LogP contribution in [0, 0.1) is 208 Å². The highest BCUT2D eigenvalue weighted by Crippen LogP contribution is 2.76. The first-order valence-corrected chi connectivity index (χ1v) is 53.2. The van der Waals surface area contributed by atoms with Crippen molar-refractivity contribution >= 4 is 40.6 Å². The van der Waals surface area contributed by atoms with E-state index in [1.165, 1.54) is 193 Å². The number of hydrogen-bond donors (Lipinski definition) is 7. The van der Waals surface area contributed by atoms with Crippen LogP contribution in [0.4, 0.5) is 0 Å². The Hall–Kier alpha value is -1.73. The highest BCUT2D eigenvalue weighted by Gasteiger charge is 2.70. The molecule has 0 spiro atoms. The van der Waals surface area contributed by atoms with Crippen LogP contribution in [0.2, 0.25) is 0 Å². The lowest BCUT2D eigenvalue weighted by atomic mass is 9.44. The standard InChI is InChI=1S/C23H34Cl2O2.3C22H36O2.C22H34O2/c1-14(27)23(20(24)25)11-8-19-17-5-4-16-12-15(13-26)6-9-21(16,2)18(17)7-10-22(19,23)3;4*1-14(24)18-6-7-19-17-5-4-16-12-15(13-23)8-10-21(16,2)20(17)9-11-22(18,19)3/h4,15,17-20,26H,5-13H2,1-3H3;15-20,23H,4-13H2,1-3H3;2*4,14-15,17-20,23-24H,5-13H2,1-3H3;4,15,17-20,23H,5-13H2,1-3H3/t15-,17?,18?,19?,21-,22-,23+;15-,16?,17?,18+,19?,20?,21-,22+;14-,15+,17?,18-,19?,20?,21+,22-;14-,15-,17?,18+,19?,20?,21-,22+;15-,17?,18+,19?,20?,21-,22+/m00100/s1. The number of allylic oxidation sites excluding steroid dienone is 8. The van der Waals surface area contributed by atoms with Crippen molar-refractivity contribution < 1.29 is 50.1 Å². The van der Waals surface area contributed by atoms with Crippen molar-refractivity contribution in [2.75, 3.05) is 33.0 Å². The van der Waals surface area contributed by atoms with Gasteiger partial charge in [0.2, 0.25) is 0 Å². The normalized spacial score (nSPS) is 51.5. The summed E-state index contributed by atoms with van der Waals surface area (Å²) >= 11 is 13.0. The lowest BCUT2D eigenvalue weighted by molar-refractivity contribution is -0.138. The Morgan fingerprint density at radius 2 is 0.634 bits per heavy atom. The third-order valence-electron chi connectivity index (χ3n) is 46.4. The van der Waals surface area contributed by atoms with Crippen molar-refractivity contribution in [3.63, 3.8) is 0 Å². The number of carbonyl (C=O) groups is 3. The second kappa shape index (κ2) is 35.6. The van der Waals surface area contributed by atoms with Crippen LogP contribution < -0.4 is 0 Å². The van der Waals surface area contributed by atoms with Crippen LogP contribution in [0.25, 0.3) is 0 Å². The van der Waals surface area contributed by atoms with Crippen LogP contribution in [-0.4, -0.2) is 103 Å². The molecule has 0 aliphatic heterocycles. The maximum Gasteiger partial charge on any atom is 0.139 e. The fourth-order valence-corrected chi connectivity index (χ4v) is 40.3. The number of aliphatic hydroxyl groups is 7. The summed E-state index contributed by atoms with van der Waals surface area (Å²) in [7, 11) is 0. The molecule has 0 heterocycles. The number of hydrogen-bond acceptors (Lipinski definition) is 10.